The van der Waals surface area contributed by atoms with E-state index in [1.54, 1.807) is 0 Å². The van der Waals surface area contributed by atoms with Crippen molar-refractivity contribution in [3.8, 4) is 0 Å². The highest BCUT2D eigenvalue weighted by molar-refractivity contribution is 5.01. The first-order chi connectivity index (χ1) is 6.38. The molecule has 0 amide bonds. The van der Waals surface area contributed by atoms with Gasteiger partial charge in [-0.15, -0.1) is 0 Å². The Balaban J connectivity index is 1.89. The molecule has 2 aliphatic carbocycles. The van der Waals surface area contributed by atoms with Gasteiger partial charge in [-0.2, -0.15) is 0 Å². The average Bonchev–Trinajstić information content (AvgIpc) is 2.45. The maximum atomic E-state index is 8.65. The molecule has 2 heteroatoms. The first-order valence-corrected chi connectivity index (χ1v) is 5.31. The summed E-state index contributed by atoms with van der Waals surface area (Å²) < 4.78 is 5.48. The molecular weight excluding hydrogens is 164 g/mol. The number of hydrogen-bond donors (Lipinski definition) is 1. The van der Waals surface area contributed by atoms with Gasteiger partial charge >= 0.3 is 0 Å². The van der Waals surface area contributed by atoms with Gasteiger partial charge in [0.15, 0.2) is 0 Å². The predicted octanol–water partition coefficient (Wildman–Crippen LogP) is 2.09. The third-order valence-corrected chi connectivity index (χ3v) is 3.20. The smallest absolute Gasteiger partial charge is 0.111 e. The van der Waals surface area contributed by atoms with E-state index in [-0.39, 0.29) is 6.61 Å². The Morgan fingerprint density at radius 2 is 2.23 bits per heavy atom. The molecule has 2 unspecified atom stereocenters. The van der Waals surface area contributed by atoms with Crippen LogP contribution in [0.3, 0.4) is 0 Å². The summed E-state index contributed by atoms with van der Waals surface area (Å²) in [6.07, 6.45) is 8.72. The zero-order valence-corrected chi connectivity index (χ0v) is 8.04. The third-order valence-electron chi connectivity index (χ3n) is 3.20. The summed E-state index contributed by atoms with van der Waals surface area (Å²) in [6, 6.07) is 0. The van der Waals surface area contributed by atoms with E-state index >= 15 is 0 Å². The minimum absolute atomic E-state index is 0.130. The molecule has 13 heavy (non-hydrogen) atoms. The van der Waals surface area contributed by atoms with Crippen molar-refractivity contribution < 1.29 is 9.84 Å². The Bertz CT molecular complexity index is 198. The van der Waals surface area contributed by atoms with Gasteiger partial charge in [-0.1, -0.05) is 0 Å². The van der Waals surface area contributed by atoms with Crippen LogP contribution in [0.1, 0.15) is 32.1 Å². The Morgan fingerprint density at radius 3 is 3.08 bits per heavy atom. The number of aliphatic hydroxyl groups excluding tert-OH is 1. The number of ether oxygens (including phenoxy) is 1. The fraction of sp³-hybridized carbons (Fsp3) is 0.818. The summed E-state index contributed by atoms with van der Waals surface area (Å²) in [5.74, 6) is 2.90. The lowest BCUT2D eigenvalue weighted by Crippen LogP contribution is -2.03. The van der Waals surface area contributed by atoms with E-state index in [2.05, 4.69) is 6.08 Å². The lowest BCUT2D eigenvalue weighted by molar-refractivity contribution is 0.134. The van der Waals surface area contributed by atoms with Crippen LogP contribution in [0, 0.1) is 11.8 Å². The topological polar surface area (TPSA) is 29.5 Å². The molecule has 2 rings (SSSR count). The molecule has 2 atom stereocenters. The van der Waals surface area contributed by atoms with Crippen molar-refractivity contribution in [1.82, 2.24) is 0 Å². The van der Waals surface area contributed by atoms with Gasteiger partial charge in [-0.05, 0) is 43.6 Å². The van der Waals surface area contributed by atoms with Crippen LogP contribution < -0.4 is 0 Å². The highest BCUT2D eigenvalue weighted by Gasteiger charge is 2.27. The summed E-state index contributed by atoms with van der Waals surface area (Å²) in [4.78, 5) is 0. The SMILES string of the molecule is OCCOC1=CCC2CCC(C1)C2. The fourth-order valence-corrected chi connectivity index (χ4v) is 2.54. The normalized spacial score (nSPS) is 32.5. The summed E-state index contributed by atoms with van der Waals surface area (Å²) in [5, 5.41) is 8.65. The summed E-state index contributed by atoms with van der Waals surface area (Å²) in [5.41, 5.74) is 0. The van der Waals surface area contributed by atoms with Gasteiger partial charge in [-0.3, -0.25) is 0 Å². The Kier molecular flexibility index (Phi) is 2.89. The first-order valence-electron chi connectivity index (χ1n) is 5.31. The van der Waals surface area contributed by atoms with Crippen LogP contribution in [0.4, 0.5) is 0 Å². The molecule has 0 saturated heterocycles. The van der Waals surface area contributed by atoms with Crippen LogP contribution in [0.5, 0.6) is 0 Å². The first kappa shape index (κ1) is 9.07. The Labute approximate surface area is 79.6 Å². The van der Waals surface area contributed by atoms with E-state index in [1.165, 1.54) is 25.7 Å². The van der Waals surface area contributed by atoms with E-state index in [1.807, 2.05) is 0 Å². The van der Waals surface area contributed by atoms with Gasteiger partial charge in [0.1, 0.15) is 6.61 Å². The summed E-state index contributed by atoms with van der Waals surface area (Å²) >= 11 is 0. The molecule has 1 fully saturated rings. The molecule has 1 saturated carbocycles. The maximum Gasteiger partial charge on any atom is 0.111 e. The minimum atomic E-state index is 0.130. The van der Waals surface area contributed by atoms with Crippen molar-refractivity contribution in [1.29, 1.82) is 0 Å². The van der Waals surface area contributed by atoms with Crippen LogP contribution in [0.2, 0.25) is 0 Å². The molecular formula is C11H18O2. The van der Waals surface area contributed by atoms with Gasteiger partial charge in [0, 0.05) is 6.42 Å². The highest BCUT2D eigenvalue weighted by atomic mass is 16.5. The number of rotatable bonds is 3. The molecule has 0 aliphatic heterocycles. The van der Waals surface area contributed by atoms with Gasteiger partial charge in [0.2, 0.25) is 0 Å². The second kappa shape index (κ2) is 4.14. The summed E-state index contributed by atoms with van der Waals surface area (Å²) in [7, 11) is 0. The van der Waals surface area contributed by atoms with Crippen molar-refractivity contribution in [3.63, 3.8) is 0 Å². The molecule has 0 aromatic carbocycles. The van der Waals surface area contributed by atoms with Crippen molar-refractivity contribution >= 4 is 0 Å². The van der Waals surface area contributed by atoms with Gasteiger partial charge < -0.3 is 9.84 Å². The Hall–Kier alpha value is -0.500. The van der Waals surface area contributed by atoms with Crippen molar-refractivity contribution in [3.05, 3.63) is 11.8 Å². The fourth-order valence-electron chi connectivity index (χ4n) is 2.54. The van der Waals surface area contributed by atoms with Crippen LogP contribution in [-0.4, -0.2) is 18.3 Å². The number of aliphatic hydroxyl groups is 1. The van der Waals surface area contributed by atoms with Crippen molar-refractivity contribution in [2.75, 3.05) is 13.2 Å². The van der Waals surface area contributed by atoms with E-state index in [4.69, 9.17) is 9.84 Å². The molecule has 1 N–H and O–H groups in total. The van der Waals surface area contributed by atoms with Crippen LogP contribution >= 0.6 is 0 Å². The maximum absolute atomic E-state index is 8.65. The monoisotopic (exact) mass is 182 g/mol. The second-order valence-corrected chi connectivity index (χ2v) is 4.23. The van der Waals surface area contributed by atoms with Crippen LogP contribution in [-0.2, 0) is 4.74 Å². The van der Waals surface area contributed by atoms with Crippen LogP contribution in [0.15, 0.2) is 11.8 Å². The van der Waals surface area contributed by atoms with Crippen molar-refractivity contribution in [2.45, 2.75) is 32.1 Å². The molecule has 2 nitrogen and oxygen atoms in total. The standard InChI is InChI=1S/C11H18O2/c12-5-6-13-11-4-3-9-1-2-10(7-9)8-11/h4,9-10,12H,1-3,5-8H2. The van der Waals surface area contributed by atoms with E-state index in [9.17, 15) is 0 Å². The molecule has 0 radical (unpaired) electrons. The van der Waals surface area contributed by atoms with E-state index in [0.29, 0.717) is 6.61 Å². The lowest BCUT2D eigenvalue weighted by Gasteiger charge is -2.12. The zero-order valence-electron chi connectivity index (χ0n) is 8.04. The van der Waals surface area contributed by atoms with Crippen molar-refractivity contribution in [2.24, 2.45) is 11.8 Å². The number of allylic oxidation sites excluding steroid dienone is 2. The molecule has 0 aromatic heterocycles. The molecule has 0 spiro atoms. The molecule has 0 heterocycles. The van der Waals surface area contributed by atoms with Gasteiger partial charge in [0.05, 0.1) is 12.4 Å². The largest absolute Gasteiger partial charge is 0.496 e. The number of fused-ring (bicyclic) bond motifs is 2. The van der Waals surface area contributed by atoms with E-state index < -0.39 is 0 Å². The van der Waals surface area contributed by atoms with E-state index in [0.717, 1.165) is 24.0 Å². The predicted molar refractivity (Wildman–Crippen MR) is 51.2 cm³/mol. The third kappa shape index (κ3) is 2.25. The Morgan fingerprint density at radius 1 is 1.38 bits per heavy atom. The molecule has 2 aliphatic rings. The molecule has 74 valence electrons. The van der Waals surface area contributed by atoms with Gasteiger partial charge in [-0.25, -0.2) is 0 Å². The van der Waals surface area contributed by atoms with Crippen LogP contribution in [0.25, 0.3) is 0 Å². The zero-order chi connectivity index (χ0) is 9.10. The highest BCUT2D eigenvalue weighted by Crippen LogP contribution is 2.40. The molecule has 2 bridgehead atoms. The van der Waals surface area contributed by atoms with Gasteiger partial charge in [0.25, 0.3) is 0 Å². The second-order valence-electron chi connectivity index (χ2n) is 4.23. The number of hydrogen-bond acceptors (Lipinski definition) is 2. The minimum Gasteiger partial charge on any atom is -0.496 e. The molecule has 0 aromatic rings. The lowest BCUT2D eigenvalue weighted by atomic mass is 10.0. The quantitative estimate of drug-likeness (QED) is 0.724. The average molecular weight is 182 g/mol. The summed E-state index contributed by atoms with van der Waals surface area (Å²) in [6.45, 7) is 0.592.